The van der Waals surface area contributed by atoms with E-state index in [-0.39, 0.29) is 18.4 Å². The summed E-state index contributed by atoms with van der Waals surface area (Å²) >= 11 is 1.85. The number of benzene rings is 1. The first-order chi connectivity index (χ1) is 9.44. The molecule has 1 aromatic rings. The van der Waals surface area contributed by atoms with E-state index in [0.717, 1.165) is 11.4 Å². The van der Waals surface area contributed by atoms with Crippen molar-refractivity contribution >= 4 is 41.8 Å². The van der Waals surface area contributed by atoms with E-state index in [9.17, 15) is 0 Å². The largest absolute Gasteiger partial charge is 0.369 e. The van der Waals surface area contributed by atoms with Crippen LogP contribution in [0.2, 0.25) is 0 Å². The lowest BCUT2D eigenvalue weighted by atomic mass is 10.1. The van der Waals surface area contributed by atoms with Crippen LogP contribution in [0.25, 0.3) is 0 Å². The van der Waals surface area contributed by atoms with E-state index < -0.39 is 5.66 Å². The van der Waals surface area contributed by atoms with Crippen molar-refractivity contribution in [3.8, 4) is 0 Å². The maximum atomic E-state index is 6.01. The Morgan fingerprint density at radius 1 is 1.19 bits per heavy atom. The number of halogens is 1. The number of rotatable bonds is 4. The predicted molar refractivity (Wildman–Crippen MR) is 94.5 cm³/mol. The molecule has 0 spiro atoms. The zero-order valence-corrected chi connectivity index (χ0v) is 14.2. The van der Waals surface area contributed by atoms with E-state index in [1.54, 1.807) is 0 Å². The number of hydrogen-bond acceptors (Lipinski definition) is 6. The van der Waals surface area contributed by atoms with Crippen LogP contribution in [0.3, 0.4) is 0 Å². The second-order valence-electron chi connectivity index (χ2n) is 5.11. The zero-order chi connectivity index (χ0) is 14.8. The molecule has 4 N–H and O–H groups in total. The average molecular weight is 328 g/mol. The molecule has 2 rings (SSSR count). The highest BCUT2D eigenvalue weighted by Crippen LogP contribution is 2.29. The predicted octanol–water partition coefficient (Wildman–Crippen LogP) is 2.80. The summed E-state index contributed by atoms with van der Waals surface area (Å²) in [4.78, 5) is 11.5. The Labute approximate surface area is 136 Å². The fourth-order valence-electron chi connectivity index (χ4n) is 2.16. The quantitative estimate of drug-likeness (QED) is 0.833. The van der Waals surface area contributed by atoms with Gasteiger partial charge in [-0.05, 0) is 50.3 Å². The van der Waals surface area contributed by atoms with Crippen LogP contribution < -0.4 is 16.4 Å². The lowest BCUT2D eigenvalue weighted by molar-refractivity contribution is 0.534. The molecule has 5 nitrogen and oxygen atoms in total. The zero-order valence-electron chi connectivity index (χ0n) is 12.5. The van der Waals surface area contributed by atoms with Crippen molar-refractivity contribution in [1.29, 1.82) is 0 Å². The molecule has 1 aliphatic rings. The molecule has 1 aliphatic heterocycles. The summed E-state index contributed by atoms with van der Waals surface area (Å²) in [7, 11) is 0. The molecule has 116 valence electrons. The smallest absolute Gasteiger partial charge is 0.220 e. The topological polar surface area (TPSA) is 80.0 Å². The van der Waals surface area contributed by atoms with Crippen molar-refractivity contribution in [2.24, 2.45) is 21.5 Å². The third kappa shape index (κ3) is 4.04. The number of thioether (sulfide) groups is 1. The second kappa shape index (κ2) is 7.04. The second-order valence-corrected chi connectivity index (χ2v) is 6.28. The van der Waals surface area contributed by atoms with Gasteiger partial charge in [0.15, 0.2) is 0 Å². The van der Waals surface area contributed by atoms with E-state index in [1.165, 1.54) is 11.3 Å². The summed E-state index contributed by atoms with van der Waals surface area (Å²) in [5, 5.41) is 0. The molecule has 21 heavy (non-hydrogen) atoms. The van der Waals surface area contributed by atoms with E-state index in [0.29, 0.717) is 5.96 Å². The average Bonchev–Trinajstić information content (AvgIpc) is 2.35. The molecule has 0 bridgehead atoms. The van der Waals surface area contributed by atoms with E-state index in [2.05, 4.69) is 29.0 Å². The van der Waals surface area contributed by atoms with Gasteiger partial charge < -0.3 is 11.5 Å². The van der Waals surface area contributed by atoms with Crippen LogP contribution in [0, 0.1) is 0 Å². The first-order valence-electron chi connectivity index (χ1n) is 6.66. The molecule has 0 atom stereocenters. The van der Waals surface area contributed by atoms with E-state index in [4.69, 9.17) is 11.5 Å². The minimum atomic E-state index is -0.534. The van der Waals surface area contributed by atoms with Gasteiger partial charge in [-0.25, -0.2) is 4.99 Å². The highest BCUT2D eigenvalue weighted by atomic mass is 35.5. The maximum absolute atomic E-state index is 6.01. The SMILES string of the molecule is CCCSc1ccc(N2C(N)=NC(N)=NC2(C)C)cc1.Cl. The Bertz CT molecular complexity index is 539. The van der Waals surface area contributed by atoms with Crippen LogP contribution in [-0.4, -0.2) is 23.3 Å². The molecule has 0 amide bonds. The summed E-state index contributed by atoms with van der Waals surface area (Å²) in [6.45, 7) is 6.10. The number of nitrogens with two attached hydrogens (primary N) is 2. The van der Waals surface area contributed by atoms with Crippen molar-refractivity contribution in [2.45, 2.75) is 37.8 Å². The van der Waals surface area contributed by atoms with Crippen LogP contribution >= 0.6 is 24.2 Å². The van der Waals surface area contributed by atoms with Crippen molar-refractivity contribution in [3.05, 3.63) is 24.3 Å². The van der Waals surface area contributed by atoms with Gasteiger partial charge >= 0.3 is 0 Å². The Morgan fingerprint density at radius 3 is 2.33 bits per heavy atom. The van der Waals surface area contributed by atoms with Gasteiger partial charge in [-0.2, -0.15) is 4.99 Å². The molecule has 0 unspecified atom stereocenters. The summed E-state index contributed by atoms with van der Waals surface area (Å²) < 4.78 is 0. The number of nitrogens with zero attached hydrogens (tertiary/aromatic N) is 3. The lowest BCUT2D eigenvalue weighted by Gasteiger charge is -2.38. The number of aliphatic imine (C=N–C) groups is 2. The van der Waals surface area contributed by atoms with Gasteiger partial charge in [0.25, 0.3) is 0 Å². The van der Waals surface area contributed by atoms with Gasteiger partial charge in [-0.1, -0.05) is 6.92 Å². The van der Waals surface area contributed by atoms with Gasteiger partial charge in [0.05, 0.1) is 0 Å². The first kappa shape index (κ1) is 17.7. The highest BCUT2D eigenvalue weighted by molar-refractivity contribution is 7.99. The Morgan fingerprint density at radius 2 is 1.81 bits per heavy atom. The Kier molecular flexibility index (Phi) is 5.92. The van der Waals surface area contributed by atoms with E-state index >= 15 is 0 Å². The monoisotopic (exact) mass is 327 g/mol. The molecule has 1 aromatic carbocycles. The number of guanidine groups is 2. The first-order valence-corrected chi connectivity index (χ1v) is 7.65. The molecule has 0 aliphatic carbocycles. The number of hydrogen-bond donors (Lipinski definition) is 2. The standard InChI is InChI=1S/C14H21N5S.ClH/c1-4-9-20-11-7-5-10(6-8-11)19-13(16)17-12(15)18-14(19,2)3;/h5-8H,4,9H2,1-3H3,(H4,15,16,17,18);1H. The van der Waals surface area contributed by atoms with Gasteiger partial charge in [0.1, 0.15) is 5.66 Å². The fourth-order valence-corrected chi connectivity index (χ4v) is 2.93. The summed E-state index contributed by atoms with van der Waals surface area (Å²) in [6, 6.07) is 8.28. The fraction of sp³-hybridized carbons (Fsp3) is 0.429. The molecule has 0 fully saturated rings. The summed E-state index contributed by atoms with van der Waals surface area (Å²) in [6.07, 6.45) is 1.17. The van der Waals surface area contributed by atoms with Gasteiger partial charge in [0, 0.05) is 10.6 Å². The van der Waals surface area contributed by atoms with Crippen molar-refractivity contribution in [2.75, 3.05) is 10.7 Å². The molecule has 0 saturated heterocycles. The molecule has 0 aromatic heterocycles. The van der Waals surface area contributed by atoms with Gasteiger partial charge in [-0.15, -0.1) is 24.2 Å². The van der Waals surface area contributed by atoms with Crippen LogP contribution in [0.15, 0.2) is 39.1 Å². The minimum Gasteiger partial charge on any atom is -0.369 e. The highest BCUT2D eigenvalue weighted by Gasteiger charge is 2.32. The molecular formula is C14H22ClN5S. The van der Waals surface area contributed by atoms with Gasteiger partial charge in [0.2, 0.25) is 11.9 Å². The van der Waals surface area contributed by atoms with Crippen LogP contribution in [0.1, 0.15) is 27.2 Å². The van der Waals surface area contributed by atoms with E-state index in [1.807, 2.05) is 42.6 Å². The third-order valence-corrected chi connectivity index (χ3v) is 4.18. The van der Waals surface area contributed by atoms with Crippen molar-refractivity contribution in [3.63, 3.8) is 0 Å². The van der Waals surface area contributed by atoms with Crippen LogP contribution in [-0.2, 0) is 0 Å². The molecule has 1 heterocycles. The maximum Gasteiger partial charge on any atom is 0.220 e. The molecule has 0 saturated carbocycles. The Balaban J connectivity index is 0.00000220. The minimum absolute atomic E-state index is 0. The third-order valence-electron chi connectivity index (χ3n) is 2.96. The number of anilines is 1. The summed E-state index contributed by atoms with van der Waals surface area (Å²) in [5.74, 6) is 1.72. The summed E-state index contributed by atoms with van der Waals surface area (Å²) in [5.41, 5.74) is 12.1. The van der Waals surface area contributed by atoms with Crippen molar-refractivity contribution in [1.82, 2.24) is 0 Å². The van der Waals surface area contributed by atoms with Crippen molar-refractivity contribution < 1.29 is 0 Å². The lowest BCUT2D eigenvalue weighted by Crippen LogP contribution is -2.54. The van der Waals surface area contributed by atoms with Crippen LogP contribution in [0.4, 0.5) is 5.69 Å². The Hall–Kier alpha value is -1.40. The van der Waals surface area contributed by atoms with Gasteiger partial charge in [-0.3, -0.25) is 4.90 Å². The normalized spacial score (nSPS) is 16.8. The molecular weight excluding hydrogens is 306 g/mol. The molecule has 7 heteroatoms. The molecule has 0 radical (unpaired) electrons. The van der Waals surface area contributed by atoms with Crippen LogP contribution in [0.5, 0.6) is 0 Å².